The predicted octanol–water partition coefficient (Wildman–Crippen LogP) is 3.87. The van der Waals surface area contributed by atoms with Crippen molar-refractivity contribution >= 4 is 23.1 Å². The van der Waals surface area contributed by atoms with Crippen molar-refractivity contribution in [3.8, 4) is 5.75 Å². The molecule has 1 aliphatic rings. The summed E-state index contributed by atoms with van der Waals surface area (Å²) in [4.78, 5) is 26.2. The van der Waals surface area contributed by atoms with Crippen molar-refractivity contribution in [1.82, 2.24) is 0 Å². The van der Waals surface area contributed by atoms with E-state index in [2.05, 4.69) is 13.8 Å². The van der Waals surface area contributed by atoms with Crippen LogP contribution in [-0.2, 0) is 9.59 Å². The Kier molecular flexibility index (Phi) is 4.80. The first-order valence-corrected chi connectivity index (χ1v) is 8.50. The van der Waals surface area contributed by atoms with Gasteiger partial charge in [-0.3, -0.25) is 9.59 Å². The zero-order chi connectivity index (χ0) is 18.8. The van der Waals surface area contributed by atoms with Gasteiger partial charge in [0.25, 0.3) is 5.91 Å². The topological polar surface area (TPSA) is 66.8 Å². The second-order valence-corrected chi connectivity index (χ2v) is 6.74. The molecular weight excluding hydrogens is 330 g/mol. The second kappa shape index (κ2) is 7.04. The lowest BCUT2D eigenvalue weighted by Crippen LogP contribution is -2.31. The van der Waals surface area contributed by atoms with E-state index >= 15 is 0 Å². The molecule has 0 bridgehead atoms. The predicted molar refractivity (Wildman–Crippen MR) is 100.0 cm³/mol. The number of aryl methyl sites for hydroxylation is 1. The minimum absolute atomic E-state index is 0.00640. The maximum absolute atomic E-state index is 12.8. The molecule has 0 aromatic heterocycles. The Balaban J connectivity index is 1.88. The Morgan fingerprint density at radius 2 is 1.73 bits per heavy atom. The van der Waals surface area contributed by atoms with E-state index < -0.39 is 17.6 Å². The standard InChI is InChI=1S/C21H21NO4/c1-13(2)12-26-17-9-7-15(8-10-17)18-19(23)21(25)22(20(18)24)16-6-4-5-14(3)11-16/h4-11,13,23H,12H2,1-3H3. The highest BCUT2D eigenvalue weighted by molar-refractivity contribution is 6.44. The third kappa shape index (κ3) is 3.33. The van der Waals surface area contributed by atoms with E-state index in [-0.39, 0.29) is 5.57 Å². The first kappa shape index (κ1) is 17.7. The summed E-state index contributed by atoms with van der Waals surface area (Å²) in [5, 5.41) is 10.3. The molecule has 1 aliphatic heterocycles. The quantitative estimate of drug-likeness (QED) is 0.831. The van der Waals surface area contributed by atoms with Crippen LogP contribution < -0.4 is 9.64 Å². The zero-order valence-corrected chi connectivity index (χ0v) is 15.0. The summed E-state index contributed by atoms with van der Waals surface area (Å²) < 4.78 is 5.62. The van der Waals surface area contributed by atoms with E-state index in [9.17, 15) is 14.7 Å². The average Bonchev–Trinajstić information content (AvgIpc) is 2.83. The number of hydrogen-bond acceptors (Lipinski definition) is 4. The van der Waals surface area contributed by atoms with Gasteiger partial charge in [0, 0.05) is 0 Å². The molecule has 0 fully saturated rings. The van der Waals surface area contributed by atoms with Crippen LogP contribution in [0, 0.1) is 12.8 Å². The third-order valence-electron chi connectivity index (χ3n) is 4.05. The van der Waals surface area contributed by atoms with Gasteiger partial charge in [0.05, 0.1) is 17.9 Å². The smallest absolute Gasteiger partial charge is 0.301 e. The van der Waals surface area contributed by atoms with E-state index in [4.69, 9.17) is 4.74 Å². The first-order valence-electron chi connectivity index (χ1n) is 8.50. The Hall–Kier alpha value is -3.08. The van der Waals surface area contributed by atoms with Gasteiger partial charge in [-0.05, 0) is 48.2 Å². The Bertz CT molecular complexity index is 881. The van der Waals surface area contributed by atoms with Crippen molar-refractivity contribution < 1.29 is 19.4 Å². The molecule has 0 spiro atoms. The number of imide groups is 1. The maximum atomic E-state index is 12.8. The molecule has 2 amide bonds. The van der Waals surface area contributed by atoms with E-state index in [1.807, 2.05) is 13.0 Å². The summed E-state index contributed by atoms with van der Waals surface area (Å²) in [6.07, 6.45) is 0. The van der Waals surface area contributed by atoms with Crippen LogP contribution in [0.4, 0.5) is 5.69 Å². The van der Waals surface area contributed by atoms with Crippen LogP contribution >= 0.6 is 0 Å². The van der Waals surface area contributed by atoms with Crippen LogP contribution in [0.25, 0.3) is 5.57 Å². The fourth-order valence-electron chi connectivity index (χ4n) is 2.76. The number of rotatable bonds is 5. The number of amides is 2. The van der Waals surface area contributed by atoms with Gasteiger partial charge in [0.1, 0.15) is 5.75 Å². The van der Waals surface area contributed by atoms with Crippen molar-refractivity contribution in [3.63, 3.8) is 0 Å². The van der Waals surface area contributed by atoms with Crippen molar-refractivity contribution in [2.24, 2.45) is 5.92 Å². The SMILES string of the molecule is Cc1cccc(N2C(=O)C(O)=C(c3ccc(OCC(C)C)cc3)C2=O)c1. The van der Waals surface area contributed by atoms with Gasteiger partial charge in [0.2, 0.25) is 0 Å². The zero-order valence-electron chi connectivity index (χ0n) is 15.0. The molecule has 134 valence electrons. The van der Waals surface area contributed by atoms with E-state index in [0.29, 0.717) is 29.5 Å². The monoisotopic (exact) mass is 351 g/mol. The van der Waals surface area contributed by atoms with Gasteiger partial charge in [-0.1, -0.05) is 38.1 Å². The average molecular weight is 351 g/mol. The molecule has 1 N–H and O–H groups in total. The van der Waals surface area contributed by atoms with Crippen LogP contribution in [-0.4, -0.2) is 23.5 Å². The van der Waals surface area contributed by atoms with Gasteiger partial charge in [-0.15, -0.1) is 0 Å². The van der Waals surface area contributed by atoms with E-state index in [0.717, 1.165) is 10.5 Å². The molecule has 0 unspecified atom stereocenters. The highest BCUT2D eigenvalue weighted by atomic mass is 16.5. The van der Waals surface area contributed by atoms with Crippen LogP contribution in [0.1, 0.15) is 25.0 Å². The minimum Gasteiger partial charge on any atom is -0.502 e. The molecule has 2 aromatic rings. The van der Waals surface area contributed by atoms with Gasteiger partial charge in [-0.25, -0.2) is 4.90 Å². The number of benzene rings is 2. The summed E-state index contributed by atoms with van der Waals surface area (Å²) in [6.45, 7) is 6.57. The number of aliphatic hydroxyl groups is 1. The highest BCUT2D eigenvalue weighted by Crippen LogP contribution is 2.32. The molecule has 26 heavy (non-hydrogen) atoms. The second-order valence-electron chi connectivity index (χ2n) is 6.74. The number of carbonyl (C=O) groups is 2. The molecule has 2 aromatic carbocycles. The lowest BCUT2D eigenvalue weighted by Gasteiger charge is -2.15. The molecule has 5 heteroatoms. The summed E-state index contributed by atoms with van der Waals surface area (Å²) >= 11 is 0. The first-order chi connectivity index (χ1) is 12.4. The van der Waals surface area contributed by atoms with Crippen molar-refractivity contribution in [2.45, 2.75) is 20.8 Å². The molecule has 5 nitrogen and oxygen atoms in total. The molecule has 0 aliphatic carbocycles. The number of carbonyl (C=O) groups excluding carboxylic acids is 2. The third-order valence-corrected chi connectivity index (χ3v) is 4.05. The number of nitrogens with zero attached hydrogens (tertiary/aromatic N) is 1. The molecule has 0 saturated heterocycles. The Morgan fingerprint density at radius 3 is 2.35 bits per heavy atom. The summed E-state index contributed by atoms with van der Waals surface area (Å²) in [5.41, 5.74) is 1.85. The highest BCUT2D eigenvalue weighted by Gasteiger charge is 2.40. The Labute approximate surface area is 152 Å². The number of hydrogen-bond donors (Lipinski definition) is 1. The van der Waals surface area contributed by atoms with Crippen molar-refractivity contribution in [3.05, 3.63) is 65.4 Å². The van der Waals surface area contributed by atoms with Gasteiger partial charge >= 0.3 is 5.91 Å². The van der Waals surface area contributed by atoms with Crippen molar-refractivity contribution in [1.29, 1.82) is 0 Å². The molecule has 1 heterocycles. The van der Waals surface area contributed by atoms with Crippen LogP contribution in [0.5, 0.6) is 5.75 Å². The molecule has 0 atom stereocenters. The summed E-state index contributed by atoms with van der Waals surface area (Å²) in [7, 11) is 0. The van der Waals surface area contributed by atoms with Gasteiger partial charge in [-0.2, -0.15) is 0 Å². The molecule has 0 radical (unpaired) electrons. The largest absolute Gasteiger partial charge is 0.502 e. The Morgan fingerprint density at radius 1 is 1.04 bits per heavy atom. The van der Waals surface area contributed by atoms with Crippen LogP contribution in [0.15, 0.2) is 54.3 Å². The summed E-state index contributed by atoms with van der Waals surface area (Å²) in [6, 6.07) is 13.8. The fourth-order valence-corrected chi connectivity index (χ4v) is 2.76. The number of aliphatic hydroxyl groups excluding tert-OH is 1. The van der Waals surface area contributed by atoms with Gasteiger partial charge in [0.15, 0.2) is 5.76 Å². The summed E-state index contributed by atoms with van der Waals surface area (Å²) in [5.74, 6) is -0.703. The molecule has 0 saturated carbocycles. The van der Waals surface area contributed by atoms with Crippen LogP contribution in [0.3, 0.4) is 0 Å². The van der Waals surface area contributed by atoms with Gasteiger partial charge < -0.3 is 9.84 Å². The van der Waals surface area contributed by atoms with Crippen molar-refractivity contribution in [2.75, 3.05) is 11.5 Å². The molecular formula is C21H21NO4. The lowest BCUT2D eigenvalue weighted by molar-refractivity contribution is -0.121. The number of anilines is 1. The minimum atomic E-state index is -0.712. The normalized spacial score (nSPS) is 14.5. The number of ether oxygens (including phenoxy) is 1. The van der Waals surface area contributed by atoms with Crippen LogP contribution in [0.2, 0.25) is 0 Å². The van der Waals surface area contributed by atoms with E-state index in [1.54, 1.807) is 42.5 Å². The maximum Gasteiger partial charge on any atom is 0.301 e. The van der Waals surface area contributed by atoms with E-state index in [1.165, 1.54) is 0 Å². The fraction of sp³-hybridized carbons (Fsp3) is 0.238. The molecule has 3 rings (SSSR count). The lowest BCUT2D eigenvalue weighted by atomic mass is 10.1.